The van der Waals surface area contributed by atoms with Crippen molar-refractivity contribution in [2.45, 2.75) is 53.9 Å². The average Bonchev–Trinajstić information content (AvgIpc) is 3.40. The highest BCUT2D eigenvalue weighted by atomic mass is 35.5. The Morgan fingerprint density at radius 3 is 2.30 bits per heavy atom. The molecule has 0 bridgehead atoms. The number of allylic oxidation sites excluding steroid dienone is 2. The highest BCUT2D eigenvalue weighted by Gasteiger charge is 2.76. The van der Waals surface area contributed by atoms with Crippen molar-refractivity contribution in [1.82, 2.24) is 14.7 Å². The molecule has 3 saturated heterocycles. The molecule has 4 amide bonds. The maximum absolute atomic E-state index is 14.4. The zero-order valence-electron chi connectivity index (χ0n) is 26.4. The zero-order valence-corrected chi connectivity index (χ0v) is 28.0. The third kappa shape index (κ3) is 4.54. The lowest BCUT2D eigenvalue weighted by Gasteiger charge is -2.51. The fourth-order valence-electron chi connectivity index (χ4n) is 8.79. The van der Waals surface area contributed by atoms with E-state index in [1.165, 1.54) is 37.8 Å². The summed E-state index contributed by atoms with van der Waals surface area (Å²) in [6.07, 6.45) is 3.32. The number of carbonyl (C=O) groups is 4. The Kier molecular flexibility index (Phi) is 7.84. The van der Waals surface area contributed by atoms with Gasteiger partial charge >= 0.3 is 0 Å². The van der Waals surface area contributed by atoms with Crippen LogP contribution in [-0.2, 0) is 25.7 Å². The summed E-state index contributed by atoms with van der Waals surface area (Å²) in [6, 6.07) is 12.9. The number of halogens is 2. The van der Waals surface area contributed by atoms with E-state index in [9.17, 15) is 24.3 Å². The van der Waals surface area contributed by atoms with Crippen LogP contribution < -0.4 is 9.47 Å². The van der Waals surface area contributed by atoms with Crippen LogP contribution in [0.15, 0.2) is 54.1 Å². The van der Waals surface area contributed by atoms with Gasteiger partial charge in [-0.25, -0.2) is 0 Å². The number of amides is 4. The van der Waals surface area contributed by atoms with Crippen LogP contribution in [-0.4, -0.2) is 93.6 Å². The van der Waals surface area contributed by atoms with Crippen LogP contribution in [0.25, 0.3) is 0 Å². The van der Waals surface area contributed by atoms with Crippen molar-refractivity contribution in [3.63, 3.8) is 0 Å². The molecule has 7 rings (SSSR count). The molecule has 2 aromatic rings. The quantitative estimate of drug-likeness (QED) is 0.276. The summed E-state index contributed by atoms with van der Waals surface area (Å²) in [6.45, 7) is 2.30. The van der Waals surface area contributed by atoms with Crippen LogP contribution in [0.2, 0.25) is 0 Å². The number of fused-ring (bicyclic) bond motifs is 4. The maximum Gasteiger partial charge on any atom is 0.253 e. The van der Waals surface area contributed by atoms with Gasteiger partial charge in [0.15, 0.2) is 9.75 Å². The van der Waals surface area contributed by atoms with Crippen molar-refractivity contribution in [3.8, 4) is 17.2 Å². The molecule has 10 nitrogen and oxygen atoms in total. The predicted octanol–water partition coefficient (Wildman–Crippen LogP) is 4.06. The van der Waals surface area contributed by atoms with E-state index in [0.29, 0.717) is 24.2 Å². The molecular weight excluding hydrogens is 645 g/mol. The number of likely N-dealkylation sites (tertiary alicyclic amines) is 3. The lowest BCUT2D eigenvalue weighted by molar-refractivity contribution is -0.144. The third-order valence-corrected chi connectivity index (χ3v) is 12.5. The van der Waals surface area contributed by atoms with Crippen molar-refractivity contribution in [1.29, 1.82) is 0 Å². The van der Waals surface area contributed by atoms with Crippen LogP contribution in [0, 0.1) is 17.8 Å². The van der Waals surface area contributed by atoms with Crippen molar-refractivity contribution < 1.29 is 33.8 Å². The van der Waals surface area contributed by atoms with Gasteiger partial charge in [0, 0.05) is 56.3 Å². The zero-order chi connectivity index (χ0) is 33.4. The number of imide groups is 2. The van der Waals surface area contributed by atoms with Crippen molar-refractivity contribution in [2.24, 2.45) is 17.8 Å². The van der Waals surface area contributed by atoms with Gasteiger partial charge in [-0.3, -0.25) is 33.9 Å². The number of hydrogen-bond donors (Lipinski definition) is 1. The normalized spacial score (nSPS) is 32.7. The van der Waals surface area contributed by atoms with Gasteiger partial charge in [0.25, 0.3) is 11.8 Å². The van der Waals surface area contributed by atoms with E-state index in [1.54, 1.807) is 6.07 Å². The van der Waals surface area contributed by atoms with E-state index in [2.05, 4.69) is 17.0 Å². The molecule has 3 heterocycles. The molecule has 4 fully saturated rings. The van der Waals surface area contributed by atoms with Gasteiger partial charge in [-0.1, -0.05) is 42.0 Å². The Labute approximate surface area is 283 Å². The fraction of sp³-hybridized carbons (Fsp3) is 0.486. The number of phenols is 1. The first-order valence-electron chi connectivity index (χ1n) is 15.9. The van der Waals surface area contributed by atoms with Gasteiger partial charge in [0.1, 0.15) is 17.2 Å². The number of benzene rings is 2. The summed E-state index contributed by atoms with van der Waals surface area (Å²) in [5.41, 5.74) is 1.97. The molecule has 1 N–H and O–H groups in total. The molecule has 6 atom stereocenters. The van der Waals surface area contributed by atoms with E-state index >= 15 is 0 Å². The number of nitrogens with zero attached hydrogens (tertiary/aromatic N) is 3. The maximum atomic E-state index is 14.4. The minimum atomic E-state index is -2.04. The molecule has 47 heavy (non-hydrogen) atoms. The smallest absolute Gasteiger partial charge is 0.253 e. The molecule has 0 aromatic heterocycles. The Morgan fingerprint density at radius 2 is 1.64 bits per heavy atom. The summed E-state index contributed by atoms with van der Waals surface area (Å²) in [5.74, 6) is -4.89. The van der Waals surface area contributed by atoms with Crippen LogP contribution in [0.3, 0.4) is 0 Å². The minimum absolute atomic E-state index is 0.113. The van der Waals surface area contributed by atoms with Gasteiger partial charge in [0.2, 0.25) is 11.8 Å². The topological polar surface area (TPSA) is 117 Å². The Bertz CT molecular complexity index is 1690. The molecule has 0 radical (unpaired) electrons. The van der Waals surface area contributed by atoms with Gasteiger partial charge in [0.05, 0.1) is 26.1 Å². The van der Waals surface area contributed by atoms with Crippen LogP contribution in [0.5, 0.6) is 17.2 Å². The van der Waals surface area contributed by atoms with Crippen molar-refractivity contribution in [3.05, 3.63) is 65.2 Å². The molecule has 0 unspecified atom stereocenters. The molecule has 12 heteroatoms. The highest BCUT2D eigenvalue weighted by molar-refractivity contribution is 6.53. The second-order valence-electron chi connectivity index (χ2n) is 13.3. The number of hydrogen-bond acceptors (Lipinski definition) is 8. The molecule has 5 aliphatic rings. The number of ether oxygens (including phenoxy) is 2. The molecule has 2 aliphatic carbocycles. The van der Waals surface area contributed by atoms with Crippen LogP contribution in [0.1, 0.15) is 42.7 Å². The first kappa shape index (κ1) is 32.0. The lowest BCUT2D eigenvalue weighted by Crippen LogP contribution is -2.60. The van der Waals surface area contributed by atoms with Crippen molar-refractivity contribution >= 4 is 46.8 Å². The predicted molar refractivity (Wildman–Crippen MR) is 173 cm³/mol. The summed E-state index contributed by atoms with van der Waals surface area (Å²) in [4.78, 5) is 56.8. The summed E-state index contributed by atoms with van der Waals surface area (Å²) >= 11 is 14.6. The first-order chi connectivity index (χ1) is 22.5. The third-order valence-electron chi connectivity index (χ3n) is 11.1. The van der Waals surface area contributed by atoms with Crippen LogP contribution >= 0.6 is 23.2 Å². The molecule has 248 valence electrons. The first-order valence-corrected chi connectivity index (χ1v) is 16.7. The summed E-state index contributed by atoms with van der Waals surface area (Å²) < 4.78 is 11.0. The van der Waals surface area contributed by atoms with Gasteiger partial charge in [-0.2, -0.15) is 0 Å². The van der Waals surface area contributed by atoms with Gasteiger partial charge in [-0.15, -0.1) is 23.2 Å². The molecule has 0 spiro atoms. The molecule has 1 saturated carbocycles. The molecular formula is C35H37Cl2N3O7. The van der Waals surface area contributed by atoms with E-state index in [-0.39, 0.29) is 47.8 Å². The number of phenolic OH excluding ortho intramolecular Hbond substituents is 1. The minimum Gasteiger partial charge on any atom is -0.507 e. The summed E-state index contributed by atoms with van der Waals surface area (Å²) in [5, 5.41) is 11.4. The SMILES string of the molecule is COc1cc(O)c([C@H]2C3=CC[C@@H]4C(=O)N(C5CCN(Cc6ccccc6)CC5)C(=O)[C@@H]4[C@@H]3C[C@@]3(Cl)C(=O)N(C)C(=O)[C@@]23Cl)c(OC)c1. The monoisotopic (exact) mass is 681 g/mol. The number of piperidine rings is 1. The van der Waals surface area contributed by atoms with E-state index in [0.717, 1.165) is 24.5 Å². The number of rotatable bonds is 6. The number of alkyl halides is 2. The molecule has 2 aromatic carbocycles. The van der Waals surface area contributed by atoms with Crippen molar-refractivity contribution in [2.75, 3.05) is 34.4 Å². The largest absolute Gasteiger partial charge is 0.507 e. The summed E-state index contributed by atoms with van der Waals surface area (Å²) in [7, 11) is 4.18. The second-order valence-corrected chi connectivity index (χ2v) is 14.5. The van der Waals surface area contributed by atoms with E-state index < -0.39 is 45.2 Å². The number of methoxy groups -OCH3 is 2. The Balaban J connectivity index is 1.24. The second kappa shape index (κ2) is 11.5. The van der Waals surface area contributed by atoms with Gasteiger partial charge < -0.3 is 14.6 Å². The standard InChI is InChI=1S/C35H37Cl2N3O7/c1-38-32(44)34(36)17-24-22(29(35(34,37)33(38)45)28-25(41)15-21(46-2)16-26(28)47-3)9-10-23-27(24)31(43)40(30(23)42)20-11-13-39(14-12-20)18-19-7-5-4-6-8-19/h4-9,15-16,20,23-24,27,29,41H,10-14,17-18H2,1-3H3/t23-,24+,27-,29+,34+,35-/m0/s1. The lowest BCUT2D eigenvalue weighted by atomic mass is 9.56. The highest BCUT2D eigenvalue weighted by Crippen LogP contribution is 2.67. The van der Waals surface area contributed by atoms with E-state index in [4.69, 9.17) is 32.7 Å². The van der Waals surface area contributed by atoms with Gasteiger partial charge in [-0.05, 0) is 37.2 Å². The number of aromatic hydroxyl groups is 1. The number of carbonyl (C=O) groups excluding carboxylic acids is 4. The fourth-order valence-corrected chi connectivity index (χ4v) is 9.79. The molecule has 3 aliphatic heterocycles. The van der Waals surface area contributed by atoms with E-state index in [1.807, 2.05) is 24.3 Å². The average molecular weight is 683 g/mol. The Hall–Kier alpha value is -3.60. The Morgan fingerprint density at radius 1 is 0.936 bits per heavy atom. The van der Waals surface area contributed by atoms with Crippen LogP contribution in [0.4, 0.5) is 0 Å².